The van der Waals surface area contributed by atoms with Gasteiger partial charge in [-0.2, -0.15) is 0 Å². The summed E-state index contributed by atoms with van der Waals surface area (Å²) in [4.78, 5) is 23.8. The van der Waals surface area contributed by atoms with Crippen LogP contribution in [0.2, 0.25) is 0 Å². The molecule has 0 unspecified atom stereocenters. The highest BCUT2D eigenvalue weighted by atomic mass is 16.2. The molecule has 0 bridgehead atoms. The number of nitrogens with one attached hydrogen (secondary N) is 1. The minimum Gasteiger partial charge on any atom is -0.352 e. The lowest BCUT2D eigenvalue weighted by Crippen LogP contribution is -2.27. The first-order valence-electron chi connectivity index (χ1n) is 9.10. The molecule has 2 aromatic heterocycles. The molecule has 0 saturated heterocycles. The SMILES string of the molecule is Cc1c(CCNC(=O)c2ccc(=O)n(C)c2)c2cccc3c2n1CCC3. The standard InChI is InChI=1S/C21H23N3O2/c1-14-17(18-7-3-5-15-6-4-12-24(14)20(15)18)10-11-22-21(26)16-8-9-19(25)23(2)13-16/h3,5,7-9,13H,4,6,10-12H2,1-2H3,(H,22,26). The molecule has 0 spiro atoms. The number of aryl methyl sites for hydroxylation is 3. The smallest absolute Gasteiger partial charge is 0.252 e. The van der Waals surface area contributed by atoms with Gasteiger partial charge in [0, 0.05) is 43.5 Å². The van der Waals surface area contributed by atoms with Gasteiger partial charge >= 0.3 is 0 Å². The molecule has 0 radical (unpaired) electrons. The van der Waals surface area contributed by atoms with Crippen LogP contribution in [0.3, 0.4) is 0 Å². The summed E-state index contributed by atoms with van der Waals surface area (Å²) in [7, 11) is 1.65. The highest BCUT2D eigenvalue weighted by molar-refractivity contribution is 5.94. The van der Waals surface area contributed by atoms with Gasteiger partial charge in [0.2, 0.25) is 5.56 Å². The summed E-state index contributed by atoms with van der Waals surface area (Å²) in [6, 6.07) is 9.55. The van der Waals surface area contributed by atoms with E-state index in [1.54, 1.807) is 19.3 Å². The van der Waals surface area contributed by atoms with Crippen LogP contribution in [0.1, 0.15) is 33.6 Å². The van der Waals surface area contributed by atoms with E-state index in [-0.39, 0.29) is 11.5 Å². The number of amides is 1. The van der Waals surface area contributed by atoms with E-state index in [0.29, 0.717) is 12.1 Å². The molecule has 0 fully saturated rings. The molecule has 5 heteroatoms. The number of nitrogens with zero attached hydrogens (tertiary/aromatic N) is 2. The average Bonchev–Trinajstić information content (AvgIpc) is 2.92. The quantitative estimate of drug-likeness (QED) is 0.787. The fourth-order valence-corrected chi connectivity index (χ4v) is 4.03. The Hall–Kier alpha value is -2.82. The molecule has 0 aliphatic carbocycles. The predicted molar refractivity (Wildman–Crippen MR) is 103 cm³/mol. The van der Waals surface area contributed by atoms with E-state index < -0.39 is 0 Å². The second kappa shape index (κ2) is 6.48. The first-order valence-corrected chi connectivity index (χ1v) is 9.10. The fraction of sp³-hybridized carbons (Fsp3) is 0.333. The van der Waals surface area contributed by atoms with E-state index >= 15 is 0 Å². The summed E-state index contributed by atoms with van der Waals surface area (Å²) in [5.74, 6) is -0.146. The molecule has 1 amide bonds. The van der Waals surface area contributed by atoms with Crippen molar-refractivity contribution in [3.63, 3.8) is 0 Å². The third-order valence-electron chi connectivity index (χ3n) is 5.39. The molecule has 3 aromatic rings. The van der Waals surface area contributed by atoms with Crippen molar-refractivity contribution in [2.45, 2.75) is 32.7 Å². The predicted octanol–water partition coefficient (Wildman–Crippen LogP) is 2.57. The third kappa shape index (κ3) is 2.73. The number of para-hydroxylation sites is 1. The maximum atomic E-state index is 12.3. The molecule has 0 atom stereocenters. The van der Waals surface area contributed by atoms with Gasteiger partial charge in [-0.15, -0.1) is 0 Å². The Bertz CT molecular complexity index is 1060. The summed E-state index contributed by atoms with van der Waals surface area (Å²) in [5, 5.41) is 4.30. The molecular formula is C21H23N3O2. The minimum absolute atomic E-state index is 0.119. The third-order valence-corrected chi connectivity index (χ3v) is 5.39. The van der Waals surface area contributed by atoms with E-state index in [4.69, 9.17) is 0 Å². The van der Waals surface area contributed by atoms with Gasteiger partial charge in [-0.05, 0) is 43.4 Å². The van der Waals surface area contributed by atoms with Crippen molar-refractivity contribution >= 4 is 16.8 Å². The van der Waals surface area contributed by atoms with Gasteiger partial charge in [-0.1, -0.05) is 18.2 Å². The van der Waals surface area contributed by atoms with E-state index in [1.165, 1.54) is 44.8 Å². The van der Waals surface area contributed by atoms with E-state index in [9.17, 15) is 9.59 Å². The van der Waals surface area contributed by atoms with Crippen LogP contribution in [-0.4, -0.2) is 21.6 Å². The Labute approximate surface area is 152 Å². The van der Waals surface area contributed by atoms with E-state index in [1.807, 2.05) is 0 Å². The zero-order valence-corrected chi connectivity index (χ0v) is 15.2. The Kier molecular flexibility index (Phi) is 4.15. The van der Waals surface area contributed by atoms with Crippen LogP contribution in [0, 0.1) is 6.92 Å². The van der Waals surface area contributed by atoms with Gasteiger partial charge in [0.25, 0.3) is 5.91 Å². The summed E-state index contributed by atoms with van der Waals surface area (Å²) >= 11 is 0. The molecule has 26 heavy (non-hydrogen) atoms. The average molecular weight is 349 g/mol. The highest BCUT2D eigenvalue weighted by Gasteiger charge is 2.19. The number of carbonyl (C=O) groups excluding carboxylic acids is 1. The molecule has 1 aliphatic heterocycles. The van der Waals surface area contributed by atoms with Gasteiger partial charge in [-0.25, -0.2) is 0 Å². The lowest BCUT2D eigenvalue weighted by molar-refractivity contribution is 0.0953. The highest BCUT2D eigenvalue weighted by Crippen LogP contribution is 2.32. The van der Waals surface area contributed by atoms with Crippen LogP contribution in [0.5, 0.6) is 0 Å². The largest absolute Gasteiger partial charge is 0.352 e. The van der Waals surface area contributed by atoms with Crippen LogP contribution < -0.4 is 10.9 Å². The van der Waals surface area contributed by atoms with Crippen LogP contribution in [-0.2, 0) is 26.4 Å². The second-order valence-corrected chi connectivity index (χ2v) is 7.01. The number of rotatable bonds is 4. The maximum absolute atomic E-state index is 12.3. The van der Waals surface area contributed by atoms with Gasteiger partial charge in [-0.3, -0.25) is 9.59 Å². The summed E-state index contributed by atoms with van der Waals surface area (Å²) in [6.45, 7) is 3.83. The monoisotopic (exact) mass is 349 g/mol. The molecule has 1 aliphatic rings. The number of pyridine rings is 1. The summed E-state index contributed by atoms with van der Waals surface area (Å²) < 4.78 is 3.85. The van der Waals surface area contributed by atoms with Crippen molar-refractivity contribution in [3.05, 3.63) is 69.3 Å². The van der Waals surface area contributed by atoms with Crippen molar-refractivity contribution < 1.29 is 4.79 Å². The number of aromatic nitrogens is 2. The number of hydrogen-bond acceptors (Lipinski definition) is 2. The van der Waals surface area contributed by atoms with Crippen molar-refractivity contribution in [2.24, 2.45) is 7.05 Å². The molecule has 134 valence electrons. The second-order valence-electron chi connectivity index (χ2n) is 7.01. The number of benzene rings is 1. The van der Waals surface area contributed by atoms with Gasteiger partial charge in [0.15, 0.2) is 0 Å². The molecular weight excluding hydrogens is 326 g/mol. The maximum Gasteiger partial charge on any atom is 0.252 e. The normalized spacial score (nSPS) is 13.2. The lowest BCUT2D eigenvalue weighted by Gasteiger charge is -2.16. The molecule has 0 saturated carbocycles. The first kappa shape index (κ1) is 16.6. The Morgan fingerprint density at radius 2 is 2.08 bits per heavy atom. The number of hydrogen-bond donors (Lipinski definition) is 1. The Morgan fingerprint density at radius 3 is 2.88 bits per heavy atom. The number of carbonyl (C=O) groups is 1. The van der Waals surface area contributed by atoms with Crippen molar-refractivity contribution in [1.82, 2.24) is 14.5 Å². The summed E-state index contributed by atoms with van der Waals surface area (Å²) in [5.41, 5.74) is 5.82. The van der Waals surface area contributed by atoms with Crippen molar-refractivity contribution in [2.75, 3.05) is 6.54 Å². The molecule has 5 nitrogen and oxygen atoms in total. The van der Waals surface area contributed by atoms with Crippen LogP contribution in [0.25, 0.3) is 10.9 Å². The van der Waals surface area contributed by atoms with Crippen LogP contribution in [0.15, 0.2) is 41.3 Å². The van der Waals surface area contributed by atoms with Crippen LogP contribution >= 0.6 is 0 Å². The van der Waals surface area contributed by atoms with Crippen molar-refractivity contribution in [3.8, 4) is 0 Å². The Morgan fingerprint density at radius 1 is 1.23 bits per heavy atom. The molecule has 1 N–H and O–H groups in total. The minimum atomic E-state index is -0.146. The summed E-state index contributed by atoms with van der Waals surface area (Å²) in [6.07, 6.45) is 4.70. The topological polar surface area (TPSA) is 56.0 Å². The van der Waals surface area contributed by atoms with Gasteiger partial charge < -0.3 is 14.5 Å². The molecule has 3 heterocycles. The Balaban J connectivity index is 1.53. The lowest BCUT2D eigenvalue weighted by atomic mass is 10.0. The van der Waals surface area contributed by atoms with E-state index in [2.05, 4.69) is 35.0 Å². The zero-order chi connectivity index (χ0) is 18.3. The van der Waals surface area contributed by atoms with Gasteiger partial charge in [0.1, 0.15) is 0 Å². The van der Waals surface area contributed by atoms with Gasteiger partial charge in [0.05, 0.1) is 11.1 Å². The zero-order valence-electron chi connectivity index (χ0n) is 15.2. The van der Waals surface area contributed by atoms with E-state index in [0.717, 1.165) is 19.4 Å². The molecule has 4 rings (SSSR count). The molecule has 1 aromatic carbocycles. The van der Waals surface area contributed by atoms with Crippen LogP contribution in [0.4, 0.5) is 0 Å². The van der Waals surface area contributed by atoms with Crippen molar-refractivity contribution in [1.29, 1.82) is 0 Å². The first-order chi connectivity index (χ1) is 12.6. The fourth-order valence-electron chi connectivity index (χ4n) is 4.03.